The van der Waals surface area contributed by atoms with Gasteiger partial charge in [-0.15, -0.1) is 0 Å². The second-order valence-electron chi connectivity index (χ2n) is 6.31. The minimum absolute atomic E-state index is 0.115. The van der Waals surface area contributed by atoms with Gasteiger partial charge in [0.2, 0.25) is 0 Å². The molecule has 1 heterocycles. The molecule has 19 heavy (non-hydrogen) atoms. The minimum atomic E-state index is -1.00. The van der Waals surface area contributed by atoms with Crippen LogP contribution in [0.2, 0.25) is 0 Å². The molecule has 2 aliphatic rings. The van der Waals surface area contributed by atoms with Gasteiger partial charge in [0.05, 0.1) is 0 Å². The number of aliphatic carboxylic acids is 1. The van der Waals surface area contributed by atoms with Crippen LogP contribution in [0.25, 0.3) is 0 Å². The maximum atomic E-state index is 11.8. The lowest BCUT2D eigenvalue weighted by Gasteiger charge is -2.38. The summed E-state index contributed by atoms with van der Waals surface area (Å²) in [5.74, 6) is -0.937. The molecule has 0 aromatic carbocycles. The summed E-state index contributed by atoms with van der Waals surface area (Å²) in [6, 6.07) is -0.361. The van der Waals surface area contributed by atoms with Gasteiger partial charge in [-0.1, -0.05) is 6.92 Å². The summed E-state index contributed by atoms with van der Waals surface area (Å²) in [6.45, 7) is 4.85. The fraction of sp³-hybridized carbons (Fsp3) is 0.846. The number of urea groups is 1. The van der Waals surface area contributed by atoms with E-state index in [1.54, 1.807) is 0 Å². The van der Waals surface area contributed by atoms with Crippen molar-refractivity contribution in [3.63, 3.8) is 0 Å². The van der Waals surface area contributed by atoms with Gasteiger partial charge in [-0.05, 0) is 51.2 Å². The molecular weight excluding hydrogens is 246 g/mol. The van der Waals surface area contributed by atoms with E-state index in [4.69, 9.17) is 5.11 Å². The highest BCUT2D eigenvalue weighted by atomic mass is 16.4. The Balaban J connectivity index is 1.76. The molecule has 3 N–H and O–H groups in total. The molecular formula is C13H23N3O3. The van der Waals surface area contributed by atoms with Crippen molar-refractivity contribution < 1.29 is 14.7 Å². The first-order valence-electron chi connectivity index (χ1n) is 6.83. The second-order valence-corrected chi connectivity index (χ2v) is 6.31. The molecule has 0 spiro atoms. The number of likely N-dealkylation sites (tertiary alicyclic amines) is 1. The third kappa shape index (κ3) is 3.37. The summed E-state index contributed by atoms with van der Waals surface area (Å²) >= 11 is 0. The van der Waals surface area contributed by atoms with Crippen molar-refractivity contribution in [3.8, 4) is 0 Å². The molecule has 2 rings (SSSR count). The number of piperidine rings is 1. The number of hydrogen-bond acceptors (Lipinski definition) is 3. The van der Waals surface area contributed by atoms with E-state index in [2.05, 4.69) is 29.5 Å². The molecule has 0 aromatic rings. The maximum Gasteiger partial charge on any atom is 0.329 e. The maximum absolute atomic E-state index is 11.8. The first kappa shape index (κ1) is 14.1. The number of hydrogen-bond donors (Lipinski definition) is 3. The van der Waals surface area contributed by atoms with Gasteiger partial charge in [0, 0.05) is 6.54 Å². The molecule has 6 heteroatoms. The summed E-state index contributed by atoms with van der Waals surface area (Å²) in [6.07, 6.45) is 3.15. The van der Waals surface area contributed by atoms with Crippen molar-refractivity contribution in [1.82, 2.24) is 15.5 Å². The SMILES string of the molecule is CN1CCC(C)(CNC(=O)NC2(C(=O)O)CC2)CC1. The molecule has 1 saturated heterocycles. The monoisotopic (exact) mass is 269 g/mol. The molecule has 2 amide bonds. The first-order chi connectivity index (χ1) is 8.85. The number of nitrogens with one attached hydrogen (secondary N) is 2. The van der Waals surface area contributed by atoms with Gasteiger partial charge in [-0.3, -0.25) is 0 Å². The van der Waals surface area contributed by atoms with Crippen molar-refractivity contribution in [3.05, 3.63) is 0 Å². The highest BCUT2D eigenvalue weighted by Crippen LogP contribution is 2.35. The zero-order valence-electron chi connectivity index (χ0n) is 11.7. The summed E-state index contributed by atoms with van der Waals surface area (Å²) in [5, 5.41) is 14.4. The third-order valence-electron chi connectivity index (χ3n) is 4.38. The lowest BCUT2D eigenvalue weighted by molar-refractivity contribution is -0.140. The predicted octanol–water partition coefficient (Wildman–Crippen LogP) is 0.635. The average Bonchev–Trinajstić information content (AvgIpc) is 3.12. The van der Waals surface area contributed by atoms with Crippen LogP contribution in [-0.2, 0) is 4.79 Å². The zero-order chi connectivity index (χ0) is 14.1. The zero-order valence-corrected chi connectivity index (χ0v) is 11.7. The number of nitrogens with zero attached hydrogens (tertiary/aromatic N) is 1. The highest BCUT2D eigenvalue weighted by molar-refractivity contribution is 5.88. The topological polar surface area (TPSA) is 81.7 Å². The molecule has 1 saturated carbocycles. The van der Waals surface area contributed by atoms with Gasteiger partial charge in [0.1, 0.15) is 5.54 Å². The van der Waals surface area contributed by atoms with E-state index in [-0.39, 0.29) is 11.4 Å². The average molecular weight is 269 g/mol. The molecule has 6 nitrogen and oxygen atoms in total. The first-order valence-corrected chi connectivity index (χ1v) is 6.83. The van der Waals surface area contributed by atoms with E-state index in [1.165, 1.54) is 0 Å². The molecule has 1 aliphatic carbocycles. The van der Waals surface area contributed by atoms with Crippen LogP contribution in [0.1, 0.15) is 32.6 Å². The molecule has 0 unspecified atom stereocenters. The predicted molar refractivity (Wildman–Crippen MR) is 71.0 cm³/mol. The minimum Gasteiger partial charge on any atom is -0.480 e. The Morgan fingerprint density at radius 2 is 1.79 bits per heavy atom. The van der Waals surface area contributed by atoms with Crippen molar-refractivity contribution >= 4 is 12.0 Å². The van der Waals surface area contributed by atoms with E-state index in [9.17, 15) is 9.59 Å². The van der Waals surface area contributed by atoms with Crippen molar-refractivity contribution in [2.75, 3.05) is 26.7 Å². The molecule has 0 bridgehead atoms. The smallest absolute Gasteiger partial charge is 0.329 e. The number of amides is 2. The van der Waals surface area contributed by atoms with Gasteiger partial charge in [0.15, 0.2) is 0 Å². The van der Waals surface area contributed by atoms with Gasteiger partial charge < -0.3 is 20.6 Å². The van der Waals surface area contributed by atoms with E-state index in [0.717, 1.165) is 25.9 Å². The third-order valence-corrected chi connectivity index (χ3v) is 4.38. The van der Waals surface area contributed by atoms with Crippen molar-refractivity contribution in [2.24, 2.45) is 5.41 Å². The molecule has 108 valence electrons. The van der Waals surface area contributed by atoms with Crippen LogP contribution in [0.15, 0.2) is 0 Å². The summed E-state index contributed by atoms with van der Waals surface area (Å²) < 4.78 is 0. The fourth-order valence-corrected chi connectivity index (χ4v) is 2.41. The van der Waals surface area contributed by atoms with Crippen LogP contribution in [-0.4, -0.2) is 54.2 Å². The Bertz CT molecular complexity index is 371. The van der Waals surface area contributed by atoms with Crippen LogP contribution < -0.4 is 10.6 Å². The molecule has 0 aromatic heterocycles. The van der Waals surface area contributed by atoms with E-state index < -0.39 is 11.5 Å². The van der Waals surface area contributed by atoms with Gasteiger partial charge in [0.25, 0.3) is 0 Å². The van der Waals surface area contributed by atoms with E-state index >= 15 is 0 Å². The normalized spacial score (nSPS) is 24.5. The Hall–Kier alpha value is -1.30. The van der Waals surface area contributed by atoms with E-state index in [0.29, 0.717) is 19.4 Å². The number of carbonyl (C=O) groups is 2. The fourth-order valence-electron chi connectivity index (χ4n) is 2.41. The van der Waals surface area contributed by atoms with Gasteiger partial charge in [-0.25, -0.2) is 9.59 Å². The number of carboxylic acids is 1. The van der Waals surface area contributed by atoms with Crippen LogP contribution >= 0.6 is 0 Å². The molecule has 2 fully saturated rings. The van der Waals surface area contributed by atoms with Crippen LogP contribution in [0.5, 0.6) is 0 Å². The van der Waals surface area contributed by atoms with Crippen molar-refractivity contribution in [1.29, 1.82) is 0 Å². The lowest BCUT2D eigenvalue weighted by Crippen LogP contribution is -2.51. The van der Waals surface area contributed by atoms with Crippen LogP contribution in [0.4, 0.5) is 4.79 Å². The number of carbonyl (C=O) groups excluding carboxylic acids is 1. The number of rotatable bonds is 4. The Morgan fingerprint density at radius 1 is 1.21 bits per heavy atom. The van der Waals surface area contributed by atoms with Crippen molar-refractivity contribution in [2.45, 2.75) is 38.1 Å². The van der Waals surface area contributed by atoms with E-state index in [1.807, 2.05) is 0 Å². The Morgan fingerprint density at radius 3 is 2.26 bits per heavy atom. The highest BCUT2D eigenvalue weighted by Gasteiger charge is 2.51. The largest absolute Gasteiger partial charge is 0.480 e. The quantitative estimate of drug-likeness (QED) is 0.699. The lowest BCUT2D eigenvalue weighted by atomic mass is 9.80. The van der Waals surface area contributed by atoms with Gasteiger partial charge in [-0.2, -0.15) is 0 Å². The summed E-state index contributed by atoms with van der Waals surface area (Å²) in [7, 11) is 2.10. The second kappa shape index (κ2) is 5.00. The number of carboxylic acid groups (broad SMARTS) is 1. The Kier molecular flexibility index (Phi) is 3.71. The van der Waals surface area contributed by atoms with Gasteiger partial charge >= 0.3 is 12.0 Å². The molecule has 1 aliphatic heterocycles. The summed E-state index contributed by atoms with van der Waals surface area (Å²) in [5.41, 5.74) is -0.887. The standard InChI is InChI=1S/C13H23N3O3/c1-12(5-7-16(2)8-6-12)9-14-11(19)15-13(3-4-13)10(17)18/h3-9H2,1-2H3,(H,17,18)(H2,14,15,19). The Labute approximate surface area is 113 Å². The van der Waals surface area contributed by atoms with Crippen LogP contribution in [0, 0.1) is 5.41 Å². The summed E-state index contributed by atoms with van der Waals surface area (Å²) in [4.78, 5) is 25.0. The van der Waals surface area contributed by atoms with Crippen LogP contribution in [0.3, 0.4) is 0 Å². The molecule has 0 atom stereocenters. The molecule has 0 radical (unpaired) electrons.